The molecule has 2 aromatic carbocycles. The summed E-state index contributed by atoms with van der Waals surface area (Å²) in [7, 11) is -0.145. The molecule has 0 amide bonds. The second-order valence-electron chi connectivity index (χ2n) is 5.02. The van der Waals surface area contributed by atoms with Crippen molar-refractivity contribution in [2.24, 2.45) is 16.6 Å². The molecule has 5 N–H and O–H groups in total. The molecular formula is C16H16FN5OS. The number of hydrogen-bond acceptors (Lipinski definition) is 5. The Labute approximate surface area is 141 Å². The van der Waals surface area contributed by atoms with Gasteiger partial charge in [0, 0.05) is 17.5 Å². The van der Waals surface area contributed by atoms with Crippen molar-refractivity contribution >= 4 is 22.3 Å². The number of rotatable bonds is 2. The topological polar surface area (TPSA) is 96.7 Å². The number of amidine groups is 1. The van der Waals surface area contributed by atoms with Crippen molar-refractivity contribution in [1.82, 2.24) is 5.32 Å². The van der Waals surface area contributed by atoms with Gasteiger partial charge in [0.1, 0.15) is 27.5 Å². The summed E-state index contributed by atoms with van der Waals surface area (Å²) >= 11 is 0. The predicted octanol–water partition coefficient (Wildman–Crippen LogP) is 1.38. The molecule has 0 saturated carbocycles. The molecule has 8 heteroatoms. The van der Waals surface area contributed by atoms with E-state index in [1.54, 1.807) is 19.2 Å². The van der Waals surface area contributed by atoms with Crippen LogP contribution in [0.1, 0.15) is 5.56 Å². The number of benzene rings is 2. The monoisotopic (exact) mass is 345 g/mol. The first kappa shape index (κ1) is 16.2. The summed E-state index contributed by atoms with van der Waals surface area (Å²) in [6.07, 6.45) is 0. The second-order valence-corrected chi connectivity index (χ2v) is 6.47. The number of fused-ring (bicyclic) bond motifs is 1. The van der Waals surface area contributed by atoms with Crippen molar-refractivity contribution in [2.75, 3.05) is 12.1 Å². The smallest absolute Gasteiger partial charge is 0.160 e. The van der Waals surface area contributed by atoms with Gasteiger partial charge in [-0.3, -0.25) is 10.0 Å². The third-order valence-electron chi connectivity index (χ3n) is 3.56. The molecule has 1 aliphatic rings. The van der Waals surface area contributed by atoms with E-state index >= 15 is 0 Å². The molecule has 124 valence electrons. The lowest BCUT2D eigenvalue weighted by atomic mass is 10.1. The van der Waals surface area contributed by atoms with E-state index in [-0.39, 0.29) is 15.7 Å². The first-order valence-corrected chi connectivity index (χ1v) is 8.23. The Morgan fingerprint density at radius 2 is 2.00 bits per heavy atom. The van der Waals surface area contributed by atoms with Crippen molar-refractivity contribution in [3.63, 3.8) is 0 Å². The number of nitrogens with one attached hydrogen (secondary N) is 1. The van der Waals surface area contributed by atoms with Crippen LogP contribution in [0, 0.1) is 5.82 Å². The third-order valence-corrected chi connectivity index (χ3v) is 4.84. The van der Waals surface area contributed by atoms with Gasteiger partial charge in [-0.1, -0.05) is 18.2 Å². The Bertz CT molecular complexity index is 880. The number of anilines is 1. The van der Waals surface area contributed by atoms with Crippen LogP contribution in [0.25, 0.3) is 0 Å². The van der Waals surface area contributed by atoms with Gasteiger partial charge in [0.25, 0.3) is 0 Å². The quantitative estimate of drug-likeness (QED) is 0.715. The average molecular weight is 345 g/mol. The number of para-hydroxylation sites is 1. The highest BCUT2D eigenvalue weighted by Crippen LogP contribution is 2.27. The lowest BCUT2D eigenvalue weighted by Gasteiger charge is -2.32. The molecular weight excluding hydrogens is 329 g/mol. The molecule has 0 saturated heterocycles. The van der Waals surface area contributed by atoms with Gasteiger partial charge in [-0.25, -0.2) is 14.4 Å². The molecule has 1 atom stereocenters. The highest BCUT2D eigenvalue weighted by Gasteiger charge is 2.27. The van der Waals surface area contributed by atoms with Crippen LogP contribution in [0.15, 0.2) is 69.3 Å². The van der Waals surface area contributed by atoms with Crippen molar-refractivity contribution in [3.05, 3.63) is 70.8 Å². The van der Waals surface area contributed by atoms with Gasteiger partial charge in [-0.2, -0.15) is 0 Å². The largest absolute Gasteiger partial charge is 0.388 e. The fourth-order valence-corrected chi connectivity index (χ4v) is 3.40. The molecule has 0 aliphatic carbocycles. The number of nitrogens with zero attached hydrogens (tertiary/aromatic N) is 2. The van der Waals surface area contributed by atoms with Crippen LogP contribution in [0.5, 0.6) is 0 Å². The molecule has 0 fully saturated rings. The SMILES string of the molecule is CN=C1N/C(=C(/N)S(=O)c2cccc(F)c2)N(N)c2ccccc21. The summed E-state index contributed by atoms with van der Waals surface area (Å²) in [5.41, 5.74) is 7.53. The van der Waals surface area contributed by atoms with Gasteiger partial charge in [-0.15, -0.1) is 0 Å². The van der Waals surface area contributed by atoms with E-state index in [1.807, 2.05) is 18.2 Å². The molecule has 3 rings (SSSR count). The zero-order valence-corrected chi connectivity index (χ0v) is 13.7. The fourth-order valence-electron chi connectivity index (χ4n) is 2.40. The van der Waals surface area contributed by atoms with Crippen LogP contribution in [0.2, 0.25) is 0 Å². The van der Waals surface area contributed by atoms with Gasteiger partial charge in [0.05, 0.1) is 5.69 Å². The summed E-state index contributed by atoms with van der Waals surface area (Å²) in [6, 6.07) is 12.8. The predicted molar refractivity (Wildman–Crippen MR) is 92.7 cm³/mol. The summed E-state index contributed by atoms with van der Waals surface area (Å²) in [5, 5.41) is 4.29. The molecule has 0 spiro atoms. The minimum atomic E-state index is -1.77. The number of hydrazine groups is 1. The summed E-state index contributed by atoms with van der Waals surface area (Å²) in [4.78, 5) is 4.43. The number of hydrogen-bond donors (Lipinski definition) is 3. The van der Waals surface area contributed by atoms with Crippen molar-refractivity contribution in [2.45, 2.75) is 4.90 Å². The van der Waals surface area contributed by atoms with Crippen LogP contribution in [0.4, 0.5) is 10.1 Å². The highest BCUT2D eigenvalue weighted by atomic mass is 32.2. The maximum Gasteiger partial charge on any atom is 0.160 e. The van der Waals surface area contributed by atoms with E-state index in [1.165, 1.54) is 23.2 Å². The maximum absolute atomic E-state index is 13.4. The number of halogens is 1. The van der Waals surface area contributed by atoms with Gasteiger partial charge >= 0.3 is 0 Å². The molecule has 6 nitrogen and oxygen atoms in total. The summed E-state index contributed by atoms with van der Waals surface area (Å²) in [5.74, 6) is 6.44. The zero-order valence-electron chi connectivity index (χ0n) is 12.9. The minimum absolute atomic E-state index is 0.0150. The Hall–Kier alpha value is -2.71. The normalized spacial score (nSPS) is 18.8. The van der Waals surface area contributed by atoms with E-state index in [2.05, 4.69) is 10.3 Å². The fraction of sp³-hybridized carbons (Fsp3) is 0.0625. The Morgan fingerprint density at radius 3 is 2.71 bits per heavy atom. The molecule has 1 unspecified atom stereocenters. The maximum atomic E-state index is 13.4. The molecule has 1 heterocycles. The molecule has 0 aromatic heterocycles. The number of aliphatic imine (C=N–C) groups is 1. The molecule has 0 radical (unpaired) electrons. The van der Waals surface area contributed by atoms with Crippen molar-refractivity contribution in [3.8, 4) is 0 Å². The standard InChI is InChI=1S/C16H16FN5OS/c1-20-15-12-7-2-3-8-13(12)22(19)16(21-15)14(18)24(23)11-6-4-5-10(17)9-11/h2-9H,18-19H2,1H3,(H,20,21)/b16-14+. The zero-order chi connectivity index (χ0) is 17.3. The van der Waals surface area contributed by atoms with Crippen molar-refractivity contribution in [1.29, 1.82) is 0 Å². The molecule has 1 aliphatic heterocycles. The third kappa shape index (κ3) is 2.77. The summed E-state index contributed by atoms with van der Waals surface area (Å²) in [6.45, 7) is 0. The van der Waals surface area contributed by atoms with E-state index < -0.39 is 16.6 Å². The Morgan fingerprint density at radius 1 is 1.25 bits per heavy atom. The second kappa shape index (κ2) is 6.42. The number of nitrogens with two attached hydrogens (primary N) is 2. The first-order chi connectivity index (χ1) is 11.5. The Kier molecular flexibility index (Phi) is 4.32. The van der Waals surface area contributed by atoms with E-state index in [4.69, 9.17) is 11.6 Å². The van der Waals surface area contributed by atoms with Crippen molar-refractivity contribution < 1.29 is 8.60 Å². The average Bonchev–Trinajstić information content (AvgIpc) is 2.61. The lowest BCUT2D eigenvalue weighted by Crippen LogP contribution is -2.47. The van der Waals surface area contributed by atoms with Crippen LogP contribution in [-0.4, -0.2) is 17.1 Å². The van der Waals surface area contributed by atoms with Crippen LogP contribution in [0.3, 0.4) is 0 Å². The minimum Gasteiger partial charge on any atom is -0.388 e. The molecule has 2 aromatic rings. The van der Waals surface area contributed by atoms with Crippen LogP contribution in [-0.2, 0) is 10.8 Å². The van der Waals surface area contributed by atoms with Gasteiger partial charge in [-0.05, 0) is 30.3 Å². The van der Waals surface area contributed by atoms with Crippen LogP contribution < -0.4 is 21.9 Å². The van der Waals surface area contributed by atoms with Crippen LogP contribution >= 0.6 is 0 Å². The first-order valence-electron chi connectivity index (χ1n) is 7.08. The Balaban J connectivity index is 2.08. The molecule has 24 heavy (non-hydrogen) atoms. The molecule has 0 bridgehead atoms. The van der Waals surface area contributed by atoms with Gasteiger partial charge in [0.2, 0.25) is 0 Å². The van der Waals surface area contributed by atoms with E-state index in [0.717, 1.165) is 5.56 Å². The van der Waals surface area contributed by atoms with E-state index in [0.29, 0.717) is 11.5 Å². The summed E-state index contributed by atoms with van der Waals surface area (Å²) < 4.78 is 26.0. The highest BCUT2D eigenvalue weighted by molar-refractivity contribution is 7.89. The lowest BCUT2D eigenvalue weighted by molar-refractivity contribution is 0.622. The van der Waals surface area contributed by atoms with E-state index in [9.17, 15) is 8.60 Å². The van der Waals surface area contributed by atoms with Gasteiger partial charge < -0.3 is 11.1 Å². The van der Waals surface area contributed by atoms with Gasteiger partial charge in [0.15, 0.2) is 5.82 Å².